The van der Waals surface area contributed by atoms with Crippen LogP contribution in [-0.2, 0) is 21.2 Å². The fourth-order valence-corrected chi connectivity index (χ4v) is 4.67. The SMILES string of the molecule is CCNC(=NCCCOCC1CC1)NCCS(=O)(=O)N1CCc2ccccc21.I. The second-order valence-electron chi connectivity index (χ2n) is 7.33. The van der Waals surface area contributed by atoms with Crippen LogP contribution in [0.2, 0.25) is 0 Å². The van der Waals surface area contributed by atoms with E-state index in [4.69, 9.17) is 4.74 Å². The van der Waals surface area contributed by atoms with Gasteiger partial charge in [-0.05, 0) is 50.2 Å². The zero-order valence-corrected chi connectivity index (χ0v) is 20.2. The molecule has 2 aliphatic rings. The van der Waals surface area contributed by atoms with E-state index in [1.54, 1.807) is 0 Å². The number of para-hydroxylation sites is 1. The van der Waals surface area contributed by atoms with Crippen LogP contribution in [0.5, 0.6) is 0 Å². The van der Waals surface area contributed by atoms with Crippen LogP contribution in [-0.4, -0.2) is 59.5 Å². The van der Waals surface area contributed by atoms with Gasteiger partial charge < -0.3 is 15.4 Å². The molecule has 29 heavy (non-hydrogen) atoms. The number of fused-ring (bicyclic) bond motifs is 1. The highest BCUT2D eigenvalue weighted by atomic mass is 127. The van der Waals surface area contributed by atoms with Gasteiger partial charge in [-0.2, -0.15) is 0 Å². The third kappa shape index (κ3) is 7.60. The largest absolute Gasteiger partial charge is 0.381 e. The van der Waals surface area contributed by atoms with Gasteiger partial charge in [-0.3, -0.25) is 9.30 Å². The minimum atomic E-state index is -3.35. The van der Waals surface area contributed by atoms with Gasteiger partial charge in [0.15, 0.2) is 5.96 Å². The quantitative estimate of drug-likeness (QED) is 0.197. The lowest BCUT2D eigenvalue weighted by Gasteiger charge is -2.20. The topological polar surface area (TPSA) is 83.0 Å². The van der Waals surface area contributed by atoms with E-state index in [0.29, 0.717) is 25.6 Å². The van der Waals surface area contributed by atoms with E-state index < -0.39 is 10.0 Å². The van der Waals surface area contributed by atoms with Gasteiger partial charge in [0, 0.05) is 39.4 Å². The first-order valence-electron chi connectivity index (χ1n) is 10.3. The van der Waals surface area contributed by atoms with Crippen LogP contribution < -0.4 is 14.9 Å². The second-order valence-corrected chi connectivity index (χ2v) is 9.34. The molecule has 9 heteroatoms. The summed E-state index contributed by atoms with van der Waals surface area (Å²) in [5.41, 5.74) is 1.91. The summed E-state index contributed by atoms with van der Waals surface area (Å²) in [6.45, 7) is 5.83. The molecule has 164 valence electrons. The summed E-state index contributed by atoms with van der Waals surface area (Å²) in [5.74, 6) is 1.48. The van der Waals surface area contributed by atoms with Crippen LogP contribution in [0.25, 0.3) is 0 Å². The molecule has 1 aliphatic heterocycles. The molecule has 0 aromatic heterocycles. The molecule has 0 atom stereocenters. The van der Waals surface area contributed by atoms with Crippen molar-refractivity contribution in [1.82, 2.24) is 10.6 Å². The highest BCUT2D eigenvalue weighted by Gasteiger charge is 2.28. The third-order valence-electron chi connectivity index (χ3n) is 4.94. The van der Waals surface area contributed by atoms with Gasteiger partial charge in [0.2, 0.25) is 10.0 Å². The first-order chi connectivity index (χ1) is 13.6. The van der Waals surface area contributed by atoms with E-state index in [-0.39, 0.29) is 29.7 Å². The molecule has 1 aromatic rings. The van der Waals surface area contributed by atoms with E-state index in [1.165, 1.54) is 17.1 Å². The number of nitrogens with zero attached hydrogens (tertiary/aromatic N) is 2. The molecular formula is C20H33IN4O3S. The summed E-state index contributed by atoms with van der Waals surface area (Å²) < 4.78 is 32.6. The zero-order valence-electron chi connectivity index (χ0n) is 17.1. The van der Waals surface area contributed by atoms with Crippen LogP contribution in [0.15, 0.2) is 29.3 Å². The normalized spacial score (nSPS) is 16.3. The van der Waals surface area contributed by atoms with Crippen LogP contribution in [0.1, 0.15) is 31.7 Å². The Morgan fingerprint density at radius 3 is 2.83 bits per heavy atom. The first-order valence-corrected chi connectivity index (χ1v) is 11.9. The Labute approximate surface area is 191 Å². The predicted octanol–water partition coefficient (Wildman–Crippen LogP) is 2.37. The highest BCUT2D eigenvalue weighted by molar-refractivity contribution is 14.0. The monoisotopic (exact) mass is 536 g/mol. The molecule has 0 saturated heterocycles. The van der Waals surface area contributed by atoms with Gasteiger partial charge >= 0.3 is 0 Å². The second kappa shape index (κ2) is 11.9. The van der Waals surface area contributed by atoms with Gasteiger partial charge in [-0.15, -0.1) is 24.0 Å². The minimum absolute atomic E-state index is 0. The van der Waals surface area contributed by atoms with E-state index in [9.17, 15) is 8.42 Å². The lowest BCUT2D eigenvalue weighted by molar-refractivity contribution is 0.123. The Hall–Kier alpha value is -1.07. The number of benzene rings is 1. The molecule has 1 aliphatic carbocycles. The van der Waals surface area contributed by atoms with Crippen LogP contribution in [0, 0.1) is 5.92 Å². The number of rotatable bonds is 11. The van der Waals surface area contributed by atoms with Crippen molar-refractivity contribution in [3.8, 4) is 0 Å². The van der Waals surface area contributed by atoms with Crippen molar-refractivity contribution in [1.29, 1.82) is 0 Å². The molecule has 0 spiro atoms. The van der Waals surface area contributed by atoms with E-state index in [2.05, 4.69) is 15.6 Å². The highest BCUT2D eigenvalue weighted by Crippen LogP contribution is 2.30. The maximum Gasteiger partial charge on any atom is 0.236 e. The van der Waals surface area contributed by atoms with Crippen molar-refractivity contribution in [2.75, 3.05) is 49.5 Å². The van der Waals surface area contributed by atoms with Crippen molar-refractivity contribution in [3.05, 3.63) is 29.8 Å². The van der Waals surface area contributed by atoms with Crippen LogP contribution >= 0.6 is 24.0 Å². The summed E-state index contributed by atoms with van der Waals surface area (Å²) in [4.78, 5) is 4.50. The standard InChI is InChI=1S/C20H32N4O3S.HI/c1-2-21-20(22-11-5-14-27-16-17-8-9-17)23-12-15-28(25,26)24-13-10-18-6-3-4-7-19(18)24;/h3-4,6-7,17H,2,5,8-16H2,1H3,(H2,21,22,23);1H. The summed E-state index contributed by atoms with van der Waals surface area (Å²) >= 11 is 0. The third-order valence-corrected chi connectivity index (χ3v) is 6.72. The molecule has 1 saturated carbocycles. The summed E-state index contributed by atoms with van der Waals surface area (Å²) in [6.07, 6.45) is 4.25. The number of nitrogens with one attached hydrogen (secondary N) is 2. The minimum Gasteiger partial charge on any atom is -0.381 e. The number of ether oxygens (including phenoxy) is 1. The molecular weight excluding hydrogens is 503 g/mol. The van der Waals surface area contributed by atoms with E-state index in [0.717, 1.165) is 49.8 Å². The molecule has 1 aromatic carbocycles. The number of anilines is 1. The average Bonchev–Trinajstić information content (AvgIpc) is 3.39. The lowest BCUT2D eigenvalue weighted by atomic mass is 10.2. The van der Waals surface area contributed by atoms with Crippen molar-refractivity contribution in [3.63, 3.8) is 0 Å². The number of hydrogen-bond acceptors (Lipinski definition) is 4. The number of aliphatic imine (C=N–C) groups is 1. The molecule has 3 rings (SSSR count). The van der Waals surface area contributed by atoms with Crippen molar-refractivity contribution in [2.45, 2.75) is 32.6 Å². The predicted molar refractivity (Wildman–Crippen MR) is 129 cm³/mol. The number of halogens is 1. The smallest absolute Gasteiger partial charge is 0.236 e. The van der Waals surface area contributed by atoms with E-state index >= 15 is 0 Å². The number of guanidine groups is 1. The molecule has 0 amide bonds. The molecule has 7 nitrogen and oxygen atoms in total. The van der Waals surface area contributed by atoms with Crippen molar-refractivity contribution in [2.24, 2.45) is 10.9 Å². The van der Waals surface area contributed by atoms with Gasteiger partial charge in [0.25, 0.3) is 0 Å². The Morgan fingerprint density at radius 1 is 1.28 bits per heavy atom. The fraction of sp³-hybridized carbons (Fsp3) is 0.650. The molecule has 2 N–H and O–H groups in total. The number of hydrogen-bond donors (Lipinski definition) is 2. The Morgan fingerprint density at radius 2 is 2.07 bits per heavy atom. The van der Waals surface area contributed by atoms with Crippen molar-refractivity contribution < 1.29 is 13.2 Å². The van der Waals surface area contributed by atoms with Gasteiger partial charge in [0.05, 0.1) is 11.4 Å². The Kier molecular flexibility index (Phi) is 9.97. The number of sulfonamides is 1. The Bertz CT molecular complexity index is 769. The maximum atomic E-state index is 12.7. The lowest BCUT2D eigenvalue weighted by Crippen LogP contribution is -2.42. The summed E-state index contributed by atoms with van der Waals surface area (Å²) in [5, 5.41) is 6.30. The fourth-order valence-electron chi connectivity index (χ4n) is 3.24. The van der Waals surface area contributed by atoms with Gasteiger partial charge in [-0.1, -0.05) is 18.2 Å². The zero-order chi connectivity index (χ0) is 19.8. The molecule has 1 fully saturated rings. The van der Waals surface area contributed by atoms with Crippen molar-refractivity contribution >= 4 is 45.6 Å². The first kappa shape index (κ1) is 24.2. The molecule has 0 radical (unpaired) electrons. The van der Waals surface area contributed by atoms with Gasteiger partial charge in [-0.25, -0.2) is 8.42 Å². The van der Waals surface area contributed by atoms with Gasteiger partial charge in [0.1, 0.15) is 0 Å². The molecule has 0 bridgehead atoms. The van der Waals surface area contributed by atoms with E-state index in [1.807, 2.05) is 31.2 Å². The van der Waals surface area contributed by atoms with Crippen LogP contribution in [0.4, 0.5) is 5.69 Å². The molecule has 0 unspecified atom stereocenters. The average molecular weight is 536 g/mol. The summed E-state index contributed by atoms with van der Waals surface area (Å²) in [7, 11) is -3.35. The summed E-state index contributed by atoms with van der Waals surface area (Å²) in [6, 6.07) is 7.71. The van der Waals surface area contributed by atoms with Crippen LogP contribution in [0.3, 0.4) is 0 Å². The molecule has 1 heterocycles. The maximum absolute atomic E-state index is 12.7. The Balaban J connectivity index is 0.00000300.